The molecular weight excluding hydrogens is 323 g/mol. The molecule has 2 aromatic rings. The molecule has 4 rings (SSSR count). The number of nitrogens with zero attached hydrogens (tertiary/aromatic N) is 2. The van der Waals surface area contributed by atoms with Gasteiger partial charge in [0.15, 0.2) is 0 Å². The Kier molecular flexibility index (Phi) is 4.33. The van der Waals surface area contributed by atoms with Crippen molar-refractivity contribution in [2.75, 3.05) is 33.2 Å². The van der Waals surface area contributed by atoms with Crippen LogP contribution in [0.1, 0.15) is 35.1 Å². The summed E-state index contributed by atoms with van der Waals surface area (Å²) >= 11 is 6.29. The molecule has 0 aromatic heterocycles. The van der Waals surface area contributed by atoms with Crippen molar-refractivity contribution in [2.45, 2.75) is 18.4 Å². The van der Waals surface area contributed by atoms with Crippen LogP contribution in [0.25, 0.3) is 0 Å². The second-order valence-electron chi connectivity index (χ2n) is 6.97. The van der Waals surface area contributed by atoms with E-state index in [1.165, 1.54) is 16.7 Å². The molecule has 4 heteroatoms. The minimum Gasteiger partial charge on any atom is -0.304 e. The second kappa shape index (κ2) is 6.47. The lowest BCUT2D eigenvalue weighted by molar-refractivity contribution is 0.110. The zero-order valence-corrected chi connectivity index (χ0v) is 14.6. The van der Waals surface area contributed by atoms with Crippen LogP contribution in [-0.2, 0) is 0 Å². The van der Waals surface area contributed by atoms with Gasteiger partial charge >= 0.3 is 0 Å². The van der Waals surface area contributed by atoms with Crippen LogP contribution in [0, 0.1) is 5.82 Å². The van der Waals surface area contributed by atoms with E-state index in [2.05, 4.69) is 29.0 Å². The van der Waals surface area contributed by atoms with Gasteiger partial charge in [0, 0.05) is 43.2 Å². The first kappa shape index (κ1) is 16.1. The summed E-state index contributed by atoms with van der Waals surface area (Å²) in [5, 5.41) is 0.799. The zero-order chi connectivity index (χ0) is 16.7. The van der Waals surface area contributed by atoms with Crippen LogP contribution in [-0.4, -0.2) is 43.0 Å². The van der Waals surface area contributed by atoms with E-state index >= 15 is 0 Å². The SMILES string of the molecule is CN1CCN([C@H]2C[C@H](c3ccc(F)cc3)c3ccc(Cl)cc32)CC1. The highest BCUT2D eigenvalue weighted by atomic mass is 35.5. The number of hydrogen-bond acceptors (Lipinski definition) is 2. The molecule has 1 saturated heterocycles. The molecule has 24 heavy (non-hydrogen) atoms. The second-order valence-corrected chi connectivity index (χ2v) is 7.40. The van der Waals surface area contributed by atoms with Gasteiger partial charge < -0.3 is 4.90 Å². The normalized spacial score (nSPS) is 25.0. The van der Waals surface area contributed by atoms with Crippen LogP contribution in [0.15, 0.2) is 42.5 Å². The van der Waals surface area contributed by atoms with Crippen molar-refractivity contribution in [3.8, 4) is 0 Å². The molecule has 2 aromatic carbocycles. The van der Waals surface area contributed by atoms with E-state index in [9.17, 15) is 4.39 Å². The Hall–Kier alpha value is -1.42. The predicted molar refractivity (Wildman–Crippen MR) is 96.1 cm³/mol. The topological polar surface area (TPSA) is 6.48 Å². The van der Waals surface area contributed by atoms with Crippen molar-refractivity contribution in [3.63, 3.8) is 0 Å². The molecule has 1 aliphatic carbocycles. The monoisotopic (exact) mass is 344 g/mol. The van der Waals surface area contributed by atoms with E-state index in [0.717, 1.165) is 37.6 Å². The van der Waals surface area contributed by atoms with Gasteiger partial charge in [0.2, 0.25) is 0 Å². The Balaban J connectivity index is 1.68. The molecule has 0 saturated carbocycles. The van der Waals surface area contributed by atoms with Crippen molar-refractivity contribution >= 4 is 11.6 Å². The molecule has 0 amide bonds. The first-order valence-corrected chi connectivity index (χ1v) is 8.97. The molecule has 0 radical (unpaired) electrons. The summed E-state index contributed by atoms with van der Waals surface area (Å²) in [5.74, 6) is 0.145. The summed E-state index contributed by atoms with van der Waals surface area (Å²) < 4.78 is 13.3. The summed E-state index contributed by atoms with van der Waals surface area (Å²) in [6.45, 7) is 4.38. The maximum absolute atomic E-state index is 13.3. The fourth-order valence-corrected chi connectivity index (χ4v) is 4.30. The van der Waals surface area contributed by atoms with Crippen molar-refractivity contribution in [2.24, 2.45) is 0 Å². The predicted octanol–water partition coefficient (Wildman–Crippen LogP) is 4.30. The third-order valence-electron chi connectivity index (χ3n) is 5.49. The third kappa shape index (κ3) is 2.97. The van der Waals surface area contributed by atoms with Gasteiger partial charge in [-0.05, 0) is 54.4 Å². The van der Waals surface area contributed by atoms with Gasteiger partial charge in [-0.25, -0.2) is 4.39 Å². The standard InChI is InChI=1S/C20H22ClFN2/c1-23-8-10-24(11-9-23)20-13-18(14-2-5-16(22)6-3-14)17-7-4-15(21)12-19(17)20/h2-7,12,18,20H,8-11,13H2,1H3/t18-,20+/m1/s1. The molecule has 0 bridgehead atoms. The largest absolute Gasteiger partial charge is 0.304 e. The molecule has 1 aliphatic heterocycles. The average Bonchev–Trinajstić information content (AvgIpc) is 2.95. The van der Waals surface area contributed by atoms with Crippen molar-refractivity contribution in [3.05, 3.63) is 70.0 Å². The van der Waals surface area contributed by atoms with Crippen LogP contribution in [0.2, 0.25) is 5.02 Å². The summed E-state index contributed by atoms with van der Waals surface area (Å²) in [6, 6.07) is 13.6. The maximum Gasteiger partial charge on any atom is 0.123 e. The highest BCUT2D eigenvalue weighted by Gasteiger charge is 2.36. The van der Waals surface area contributed by atoms with Crippen molar-refractivity contribution < 1.29 is 4.39 Å². The van der Waals surface area contributed by atoms with Gasteiger partial charge in [-0.15, -0.1) is 0 Å². The number of halogens is 2. The number of hydrogen-bond donors (Lipinski definition) is 0. The van der Waals surface area contributed by atoms with E-state index in [1.807, 2.05) is 18.2 Å². The number of rotatable bonds is 2. The molecule has 126 valence electrons. The van der Waals surface area contributed by atoms with Gasteiger partial charge in [-0.1, -0.05) is 29.8 Å². The zero-order valence-electron chi connectivity index (χ0n) is 13.9. The van der Waals surface area contributed by atoms with Crippen molar-refractivity contribution in [1.29, 1.82) is 0 Å². The lowest BCUT2D eigenvalue weighted by Gasteiger charge is -2.37. The smallest absolute Gasteiger partial charge is 0.123 e. The van der Waals surface area contributed by atoms with Gasteiger partial charge in [-0.2, -0.15) is 0 Å². The number of fused-ring (bicyclic) bond motifs is 1. The van der Waals surface area contributed by atoms with E-state index in [4.69, 9.17) is 11.6 Å². The van der Waals surface area contributed by atoms with E-state index in [-0.39, 0.29) is 5.82 Å². The fraction of sp³-hybridized carbons (Fsp3) is 0.400. The van der Waals surface area contributed by atoms with Crippen molar-refractivity contribution in [1.82, 2.24) is 9.80 Å². The Bertz CT molecular complexity index is 723. The van der Waals surface area contributed by atoms with Crippen LogP contribution in [0.3, 0.4) is 0 Å². The fourth-order valence-electron chi connectivity index (χ4n) is 4.12. The van der Waals surface area contributed by atoms with E-state index in [1.54, 1.807) is 12.1 Å². The first-order valence-electron chi connectivity index (χ1n) is 8.59. The molecule has 2 aliphatic rings. The average molecular weight is 345 g/mol. The summed E-state index contributed by atoms with van der Waals surface area (Å²) in [7, 11) is 2.18. The van der Waals surface area contributed by atoms with Gasteiger partial charge in [0.05, 0.1) is 0 Å². The molecule has 0 unspecified atom stereocenters. The van der Waals surface area contributed by atoms with Gasteiger partial charge in [0.25, 0.3) is 0 Å². The summed E-state index contributed by atoms with van der Waals surface area (Å²) in [5.41, 5.74) is 3.88. The van der Waals surface area contributed by atoms with E-state index < -0.39 is 0 Å². The quantitative estimate of drug-likeness (QED) is 0.801. The minimum absolute atomic E-state index is 0.177. The maximum atomic E-state index is 13.3. The molecule has 1 heterocycles. The van der Waals surface area contributed by atoms with Gasteiger partial charge in [-0.3, -0.25) is 4.90 Å². The summed E-state index contributed by atoms with van der Waals surface area (Å²) in [6.07, 6.45) is 1.05. The van der Waals surface area contributed by atoms with Crippen LogP contribution in [0.5, 0.6) is 0 Å². The highest BCUT2D eigenvalue weighted by Crippen LogP contribution is 2.47. The lowest BCUT2D eigenvalue weighted by atomic mass is 9.93. The Morgan fingerprint density at radius 3 is 2.38 bits per heavy atom. The first-order chi connectivity index (χ1) is 11.6. The Morgan fingerprint density at radius 1 is 0.958 bits per heavy atom. The lowest BCUT2D eigenvalue weighted by Crippen LogP contribution is -2.45. The molecular formula is C20H22ClFN2. The molecule has 2 atom stereocenters. The Labute approximate surface area is 147 Å². The van der Waals surface area contributed by atoms with Crippen LogP contribution in [0.4, 0.5) is 4.39 Å². The minimum atomic E-state index is -0.177. The van der Waals surface area contributed by atoms with E-state index in [0.29, 0.717) is 12.0 Å². The number of benzene rings is 2. The summed E-state index contributed by atoms with van der Waals surface area (Å²) in [4.78, 5) is 4.96. The third-order valence-corrected chi connectivity index (χ3v) is 5.73. The molecule has 0 spiro atoms. The highest BCUT2D eigenvalue weighted by molar-refractivity contribution is 6.30. The number of likely N-dealkylation sites (N-methyl/N-ethyl adjacent to an activating group) is 1. The Morgan fingerprint density at radius 2 is 1.67 bits per heavy atom. The molecule has 1 fully saturated rings. The number of piperazine rings is 1. The molecule has 2 nitrogen and oxygen atoms in total. The van der Waals surface area contributed by atoms with Crippen LogP contribution >= 0.6 is 11.6 Å². The van der Waals surface area contributed by atoms with Gasteiger partial charge in [0.1, 0.15) is 5.82 Å². The van der Waals surface area contributed by atoms with Crippen LogP contribution < -0.4 is 0 Å². The molecule has 0 N–H and O–H groups in total.